The van der Waals surface area contributed by atoms with Gasteiger partial charge in [0.1, 0.15) is 12.4 Å². The Kier molecular flexibility index (Phi) is 6.36. The summed E-state index contributed by atoms with van der Waals surface area (Å²) in [6, 6.07) is 11.9. The Labute approximate surface area is 169 Å². The lowest BCUT2D eigenvalue weighted by molar-refractivity contribution is -0.113. The van der Waals surface area contributed by atoms with Gasteiger partial charge in [-0.3, -0.25) is 9.89 Å². The van der Waals surface area contributed by atoms with Crippen LogP contribution in [-0.2, 0) is 11.4 Å². The summed E-state index contributed by atoms with van der Waals surface area (Å²) in [5, 5.41) is 10.5. The minimum atomic E-state index is -0.0810. The second-order valence-electron chi connectivity index (χ2n) is 6.73. The van der Waals surface area contributed by atoms with E-state index in [1.807, 2.05) is 52.0 Å². The van der Waals surface area contributed by atoms with E-state index < -0.39 is 0 Å². The molecule has 0 aliphatic heterocycles. The van der Waals surface area contributed by atoms with E-state index in [0.717, 1.165) is 28.1 Å². The maximum absolute atomic E-state index is 12.3. The molecule has 0 aliphatic rings. The normalized spacial score (nSPS) is 10.7. The van der Waals surface area contributed by atoms with Gasteiger partial charge in [-0.15, -0.1) is 5.10 Å². The van der Waals surface area contributed by atoms with Crippen LogP contribution in [0.15, 0.2) is 41.6 Å². The SMILES string of the molecule is Cc1cc(C)c(NC(=O)CSc2n[nH]c(COc3ccccc3C)n2)c(C)c1. The number of nitrogens with zero attached hydrogens (tertiary/aromatic N) is 2. The molecule has 1 amide bonds. The van der Waals surface area contributed by atoms with Crippen molar-refractivity contribution in [3.05, 3.63) is 64.5 Å². The summed E-state index contributed by atoms with van der Waals surface area (Å²) in [4.78, 5) is 16.7. The monoisotopic (exact) mass is 396 g/mol. The molecule has 2 aromatic carbocycles. The first-order chi connectivity index (χ1) is 13.4. The van der Waals surface area contributed by atoms with Gasteiger partial charge in [0.25, 0.3) is 0 Å². The van der Waals surface area contributed by atoms with E-state index in [1.54, 1.807) is 0 Å². The number of thioether (sulfide) groups is 1. The van der Waals surface area contributed by atoms with Gasteiger partial charge in [-0.05, 0) is 50.5 Å². The third-order valence-electron chi connectivity index (χ3n) is 4.24. The van der Waals surface area contributed by atoms with Gasteiger partial charge in [0.05, 0.1) is 5.75 Å². The van der Waals surface area contributed by atoms with Gasteiger partial charge in [0.15, 0.2) is 5.82 Å². The van der Waals surface area contributed by atoms with Crippen LogP contribution in [0.1, 0.15) is 28.1 Å². The highest BCUT2D eigenvalue weighted by molar-refractivity contribution is 7.99. The molecule has 1 heterocycles. The molecule has 0 fully saturated rings. The molecule has 28 heavy (non-hydrogen) atoms. The van der Waals surface area contributed by atoms with Crippen molar-refractivity contribution < 1.29 is 9.53 Å². The minimum Gasteiger partial charge on any atom is -0.485 e. The number of para-hydroxylation sites is 1. The minimum absolute atomic E-state index is 0.0810. The molecule has 0 bridgehead atoms. The summed E-state index contributed by atoms with van der Waals surface area (Å²) < 4.78 is 5.75. The second kappa shape index (κ2) is 8.93. The summed E-state index contributed by atoms with van der Waals surface area (Å²) in [6.07, 6.45) is 0. The summed E-state index contributed by atoms with van der Waals surface area (Å²) in [5.74, 6) is 1.60. The summed E-state index contributed by atoms with van der Waals surface area (Å²) >= 11 is 1.29. The molecule has 0 radical (unpaired) electrons. The van der Waals surface area contributed by atoms with Crippen LogP contribution in [0, 0.1) is 27.7 Å². The molecule has 1 aromatic heterocycles. The second-order valence-corrected chi connectivity index (χ2v) is 7.67. The molecule has 0 saturated carbocycles. The molecule has 146 valence electrons. The Morgan fingerprint density at radius 1 is 1.11 bits per heavy atom. The molecule has 3 aromatic rings. The Hall–Kier alpha value is -2.80. The van der Waals surface area contributed by atoms with Crippen LogP contribution in [0.4, 0.5) is 5.69 Å². The average Bonchev–Trinajstić information content (AvgIpc) is 3.10. The molecule has 0 aliphatic carbocycles. The van der Waals surface area contributed by atoms with Crippen molar-refractivity contribution in [2.45, 2.75) is 39.5 Å². The summed E-state index contributed by atoms with van der Waals surface area (Å²) in [5.41, 5.74) is 5.24. The number of nitrogens with one attached hydrogen (secondary N) is 2. The van der Waals surface area contributed by atoms with Crippen LogP contribution in [0.2, 0.25) is 0 Å². The Balaban J connectivity index is 1.51. The number of aromatic amines is 1. The molecule has 7 heteroatoms. The van der Waals surface area contributed by atoms with Gasteiger partial charge in [0.2, 0.25) is 11.1 Å². The number of ether oxygens (including phenoxy) is 1. The number of aryl methyl sites for hydroxylation is 4. The quantitative estimate of drug-likeness (QED) is 0.581. The number of hydrogen-bond acceptors (Lipinski definition) is 5. The van der Waals surface area contributed by atoms with Crippen molar-refractivity contribution >= 4 is 23.4 Å². The molecule has 6 nitrogen and oxygen atoms in total. The van der Waals surface area contributed by atoms with Gasteiger partial charge in [0, 0.05) is 5.69 Å². The molecular weight excluding hydrogens is 372 g/mol. The number of carbonyl (C=O) groups is 1. The maximum Gasteiger partial charge on any atom is 0.234 e. The van der Waals surface area contributed by atoms with Crippen molar-refractivity contribution in [2.24, 2.45) is 0 Å². The smallest absolute Gasteiger partial charge is 0.234 e. The van der Waals surface area contributed by atoms with Crippen LogP contribution >= 0.6 is 11.8 Å². The van der Waals surface area contributed by atoms with E-state index >= 15 is 0 Å². The van der Waals surface area contributed by atoms with E-state index in [4.69, 9.17) is 4.74 Å². The highest BCUT2D eigenvalue weighted by Gasteiger charge is 2.11. The van der Waals surface area contributed by atoms with Gasteiger partial charge in [-0.1, -0.05) is 47.7 Å². The van der Waals surface area contributed by atoms with Crippen LogP contribution in [0.5, 0.6) is 5.75 Å². The first-order valence-electron chi connectivity index (χ1n) is 9.02. The molecular formula is C21H24N4O2S. The predicted molar refractivity (Wildman–Crippen MR) is 112 cm³/mol. The summed E-state index contributed by atoms with van der Waals surface area (Å²) in [6.45, 7) is 8.34. The Morgan fingerprint density at radius 3 is 2.54 bits per heavy atom. The third-order valence-corrected chi connectivity index (χ3v) is 5.09. The van der Waals surface area contributed by atoms with E-state index in [-0.39, 0.29) is 11.7 Å². The third kappa shape index (κ3) is 5.13. The zero-order valence-electron chi connectivity index (χ0n) is 16.5. The largest absolute Gasteiger partial charge is 0.485 e. The van der Waals surface area contributed by atoms with E-state index in [9.17, 15) is 4.79 Å². The molecule has 0 atom stereocenters. The zero-order valence-corrected chi connectivity index (χ0v) is 17.3. The topological polar surface area (TPSA) is 79.9 Å². The van der Waals surface area contributed by atoms with Crippen molar-refractivity contribution in [3.63, 3.8) is 0 Å². The Morgan fingerprint density at radius 2 is 1.82 bits per heavy atom. The summed E-state index contributed by atoms with van der Waals surface area (Å²) in [7, 11) is 0. The van der Waals surface area contributed by atoms with E-state index in [2.05, 4.69) is 32.6 Å². The number of anilines is 1. The number of amides is 1. The van der Waals surface area contributed by atoms with Crippen LogP contribution in [-0.4, -0.2) is 26.8 Å². The van der Waals surface area contributed by atoms with E-state index in [1.165, 1.54) is 17.3 Å². The standard InChI is InChI=1S/C21H24N4O2S/c1-13-9-15(3)20(16(4)10-13)23-19(26)12-28-21-22-18(24-25-21)11-27-17-8-6-5-7-14(17)2/h5-10H,11-12H2,1-4H3,(H,23,26)(H,22,24,25). The number of carbonyl (C=O) groups excluding carboxylic acids is 1. The molecule has 0 unspecified atom stereocenters. The zero-order chi connectivity index (χ0) is 20.1. The van der Waals surface area contributed by atoms with Crippen molar-refractivity contribution in [1.82, 2.24) is 15.2 Å². The van der Waals surface area contributed by atoms with Crippen molar-refractivity contribution in [2.75, 3.05) is 11.1 Å². The number of H-pyrrole nitrogens is 1. The Bertz CT molecular complexity index is 961. The fourth-order valence-electron chi connectivity index (χ4n) is 2.95. The van der Waals surface area contributed by atoms with Gasteiger partial charge >= 0.3 is 0 Å². The molecule has 0 spiro atoms. The maximum atomic E-state index is 12.3. The lowest BCUT2D eigenvalue weighted by Crippen LogP contribution is -2.16. The van der Waals surface area contributed by atoms with Crippen molar-refractivity contribution in [3.8, 4) is 5.75 Å². The lowest BCUT2D eigenvalue weighted by Gasteiger charge is -2.12. The van der Waals surface area contributed by atoms with Crippen LogP contribution < -0.4 is 10.1 Å². The first kappa shape index (κ1) is 19.9. The lowest BCUT2D eigenvalue weighted by atomic mass is 10.1. The number of benzene rings is 2. The van der Waals surface area contributed by atoms with Gasteiger partial charge in [-0.25, -0.2) is 4.98 Å². The average molecular weight is 397 g/mol. The predicted octanol–water partition coefficient (Wildman–Crippen LogP) is 4.35. The van der Waals surface area contributed by atoms with Gasteiger partial charge < -0.3 is 10.1 Å². The van der Waals surface area contributed by atoms with Crippen molar-refractivity contribution in [1.29, 1.82) is 0 Å². The molecule has 3 rings (SSSR count). The molecule has 2 N–H and O–H groups in total. The number of hydrogen-bond donors (Lipinski definition) is 2. The first-order valence-corrected chi connectivity index (χ1v) is 10.0. The number of rotatable bonds is 7. The highest BCUT2D eigenvalue weighted by Crippen LogP contribution is 2.23. The van der Waals surface area contributed by atoms with Gasteiger partial charge in [-0.2, -0.15) is 0 Å². The number of aromatic nitrogens is 3. The van der Waals surface area contributed by atoms with Crippen LogP contribution in [0.3, 0.4) is 0 Å². The van der Waals surface area contributed by atoms with E-state index in [0.29, 0.717) is 17.6 Å². The fraction of sp³-hybridized carbons (Fsp3) is 0.286. The highest BCUT2D eigenvalue weighted by atomic mass is 32.2. The molecule has 0 saturated heterocycles. The fourth-order valence-corrected chi connectivity index (χ4v) is 3.57. The van der Waals surface area contributed by atoms with Crippen LogP contribution in [0.25, 0.3) is 0 Å².